The summed E-state index contributed by atoms with van der Waals surface area (Å²) in [5.41, 5.74) is 0.151. The van der Waals surface area contributed by atoms with Crippen LogP contribution in [0.5, 0.6) is 11.5 Å². The molecule has 1 aromatic carbocycles. The summed E-state index contributed by atoms with van der Waals surface area (Å²) < 4.78 is 5.23. The molecular weight excluding hydrogens is 276 g/mol. The van der Waals surface area contributed by atoms with Gasteiger partial charge in [-0.2, -0.15) is 0 Å². The van der Waals surface area contributed by atoms with E-state index in [0.29, 0.717) is 6.61 Å². The van der Waals surface area contributed by atoms with Crippen LogP contribution in [-0.2, 0) is 9.53 Å². The smallest absolute Gasteiger partial charge is 0.251 e. The van der Waals surface area contributed by atoms with Crippen LogP contribution in [0.25, 0.3) is 0 Å². The first kappa shape index (κ1) is 15.1. The van der Waals surface area contributed by atoms with Gasteiger partial charge in [-0.3, -0.25) is 9.59 Å². The van der Waals surface area contributed by atoms with Crippen molar-refractivity contribution in [1.82, 2.24) is 10.6 Å². The fraction of sp³-hybridized carbons (Fsp3) is 0.429. The van der Waals surface area contributed by atoms with Gasteiger partial charge in [-0.1, -0.05) is 0 Å². The second kappa shape index (κ2) is 6.94. The molecule has 0 spiro atoms. The summed E-state index contributed by atoms with van der Waals surface area (Å²) in [6.07, 6.45) is 1.22. The quantitative estimate of drug-likeness (QED) is 0.577. The van der Waals surface area contributed by atoms with E-state index in [9.17, 15) is 19.8 Å². The lowest BCUT2D eigenvalue weighted by molar-refractivity contribution is -0.129. The van der Waals surface area contributed by atoms with Crippen LogP contribution in [0.1, 0.15) is 23.2 Å². The van der Waals surface area contributed by atoms with Gasteiger partial charge < -0.3 is 25.6 Å². The van der Waals surface area contributed by atoms with Crippen LogP contribution in [0.2, 0.25) is 0 Å². The van der Waals surface area contributed by atoms with Crippen LogP contribution in [0, 0.1) is 0 Å². The molecular formula is C14H18N2O5. The predicted octanol–water partition coefficient (Wildman–Crippen LogP) is 0.123. The summed E-state index contributed by atoms with van der Waals surface area (Å²) in [5, 5.41) is 23.9. The summed E-state index contributed by atoms with van der Waals surface area (Å²) in [5.74, 6) is -0.983. The topological polar surface area (TPSA) is 108 Å². The molecule has 0 bridgehead atoms. The standard InChI is InChI=1S/C14H18N2O5/c17-10-6-9(7-11(18)8-10)13(19)15-3-4-16-14(20)12-2-1-5-21-12/h6-8,12,17-18H,1-5H2,(H,15,19)(H,16,20). The molecule has 1 aromatic rings. The summed E-state index contributed by atoms with van der Waals surface area (Å²) in [4.78, 5) is 23.4. The van der Waals surface area contributed by atoms with Crippen molar-refractivity contribution in [3.63, 3.8) is 0 Å². The van der Waals surface area contributed by atoms with Gasteiger partial charge in [-0.25, -0.2) is 0 Å². The molecule has 7 nitrogen and oxygen atoms in total. The largest absolute Gasteiger partial charge is 0.508 e. The number of benzene rings is 1. The highest BCUT2D eigenvalue weighted by Crippen LogP contribution is 2.20. The SMILES string of the molecule is O=C(NCCNC(=O)C1CCCO1)c1cc(O)cc(O)c1. The minimum Gasteiger partial charge on any atom is -0.508 e. The first-order chi connectivity index (χ1) is 10.1. The highest BCUT2D eigenvalue weighted by atomic mass is 16.5. The Hall–Kier alpha value is -2.28. The zero-order valence-corrected chi connectivity index (χ0v) is 11.5. The summed E-state index contributed by atoms with van der Waals surface area (Å²) >= 11 is 0. The van der Waals surface area contributed by atoms with Gasteiger partial charge in [0.25, 0.3) is 5.91 Å². The summed E-state index contributed by atoms with van der Waals surface area (Å²) in [6.45, 7) is 1.14. The van der Waals surface area contributed by atoms with Gasteiger partial charge in [-0.15, -0.1) is 0 Å². The molecule has 21 heavy (non-hydrogen) atoms. The number of ether oxygens (including phenoxy) is 1. The summed E-state index contributed by atoms with van der Waals surface area (Å²) in [6, 6.07) is 3.64. The lowest BCUT2D eigenvalue weighted by Gasteiger charge is -2.11. The zero-order valence-electron chi connectivity index (χ0n) is 11.5. The second-order valence-corrected chi connectivity index (χ2v) is 4.79. The predicted molar refractivity (Wildman–Crippen MR) is 74.1 cm³/mol. The van der Waals surface area contributed by atoms with Crippen molar-refractivity contribution in [2.24, 2.45) is 0 Å². The lowest BCUT2D eigenvalue weighted by atomic mass is 10.2. The molecule has 1 aliphatic heterocycles. The first-order valence-corrected chi connectivity index (χ1v) is 6.77. The first-order valence-electron chi connectivity index (χ1n) is 6.77. The molecule has 1 atom stereocenters. The number of nitrogens with one attached hydrogen (secondary N) is 2. The number of hydrogen-bond acceptors (Lipinski definition) is 5. The van der Waals surface area contributed by atoms with Crippen molar-refractivity contribution < 1.29 is 24.5 Å². The van der Waals surface area contributed by atoms with E-state index in [1.54, 1.807) is 0 Å². The van der Waals surface area contributed by atoms with E-state index in [-0.39, 0.29) is 42.2 Å². The van der Waals surface area contributed by atoms with Crippen molar-refractivity contribution in [3.8, 4) is 11.5 Å². The number of carbonyl (C=O) groups excluding carboxylic acids is 2. The minimum absolute atomic E-state index is 0.151. The van der Waals surface area contributed by atoms with Crippen LogP contribution in [0.4, 0.5) is 0 Å². The molecule has 2 amide bonds. The lowest BCUT2D eigenvalue weighted by Crippen LogP contribution is -2.39. The third-order valence-electron chi connectivity index (χ3n) is 3.10. The molecule has 0 aromatic heterocycles. The maximum Gasteiger partial charge on any atom is 0.251 e. The van der Waals surface area contributed by atoms with Crippen LogP contribution in [0.3, 0.4) is 0 Å². The molecule has 1 fully saturated rings. The minimum atomic E-state index is -0.437. The number of rotatable bonds is 5. The molecule has 1 aliphatic rings. The Bertz CT molecular complexity index is 506. The maximum atomic E-state index is 11.8. The van der Waals surface area contributed by atoms with E-state index in [4.69, 9.17) is 4.74 Å². The van der Waals surface area contributed by atoms with Crippen molar-refractivity contribution in [2.45, 2.75) is 18.9 Å². The van der Waals surface area contributed by atoms with Crippen molar-refractivity contribution in [3.05, 3.63) is 23.8 Å². The molecule has 1 saturated heterocycles. The molecule has 1 heterocycles. The molecule has 7 heteroatoms. The van der Waals surface area contributed by atoms with Crippen LogP contribution >= 0.6 is 0 Å². The summed E-state index contributed by atoms with van der Waals surface area (Å²) in [7, 11) is 0. The van der Waals surface area contributed by atoms with Crippen LogP contribution in [-0.4, -0.2) is 47.8 Å². The van der Waals surface area contributed by atoms with Crippen LogP contribution < -0.4 is 10.6 Å². The van der Waals surface area contributed by atoms with Gasteiger partial charge in [0.2, 0.25) is 5.91 Å². The van der Waals surface area contributed by atoms with Gasteiger partial charge >= 0.3 is 0 Å². The fourth-order valence-corrected chi connectivity index (χ4v) is 2.09. The number of amides is 2. The van der Waals surface area contributed by atoms with Gasteiger partial charge in [0, 0.05) is 31.3 Å². The molecule has 2 rings (SSSR count). The van der Waals surface area contributed by atoms with Crippen molar-refractivity contribution >= 4 is 11.8 Å². The highest BCUT2D eigenvalue weighted by Gasteiger charge is 2.22. The maximum absolute atomic E-state index is 11.8. The van der Waals surface area contributed by atoms with E-state index in [0.717, 1.165) is 18.9 Å². The van der Waals surface area contributed by atoms with E-state index in [1.165, 1.54) is 12.1 Å². The van der Waals surface area contributed by atoms with E-state index in [2.05, 4.69) is 10.6 Å². The molecule has 0 aliphatic carbocycles. The van der Waals surface area contributed by atoms with Gasteiger partial charge in [0.1, 0.15) is 17.6 Å². The number of aromatic hydroxyl groups is 2. The number of phenols is 2. The Morgan fingerprint density at radius 3 is 2.43 bits per heavy atom. The molecule has 114 valence electrons. The number of hydrogen-bond donors (Lipinski definition) is 4. The molecule has 0 radical (unpaired) electrons. The van der Waals surface area contributed by atoms with Crippen molar-refractivity contribution in [2.75, 3.05) is 19.7 Å². The van der Waals surface area contributed by atoms with Gasteiger partial charge in [-0.05, 0) is 25.0 Å². The van der Waals surface area contributed by atoms with Crippen LogP contribution in [0.15, 0.2) is 18.2 Å². The fourth-order valence-electron chi connectivity index (χ4n) is 2.09. The average Bonchev–Trinajstić information content (AvgIpc) is 2.96. The number of phenolic OH excluding ortho intramolecular Hbond substituents is 2. The molecule has 1 unspecified atom stereocenters. The Kier molecular flexibility index (Phi) is 4.99. The Labute approximate surface area is 121 Å². The highest BCUT2D eigenvalue weighted by molar-refractivity contribution is 5.95. The van der Waals surface area contributed by atoms with Gasteiger partial charge in [0.15, 0.2) is 0 Å². The normalized spacial score (nSPS) is 17.4. The Morgan fingerprint density at radius 2 is 1.81 bits per heavy atom. The average molecular weight is 294 g/mol. The number of carbonyl (C=O) groups is 2. The van der Waals surface area contributed by atoms with E-state index < -0.39 is 5.91 Å². The third kappa shape index (κ3) is 4.35. The van der Waals surface area contributed by atoms with E-state index in [1.807, 2.05) is 0 Å². The monoisotopic (exact) mass is 294 g/mol. The molecule has 0 saturated carbocycles. The Balaban J connectivity index is 1.72. The third-order valence-corrected chi connectivity index (χ3v) is 3.10. The Morgan fingerprint density at radius 1 is 1.14 bits per heavy atom. The molecule has 4 N–H and O–H groups in total. The van der Waals surface area contributed by atoms with E-state index >= 15 is 0 Å². The van der Waals surface area contributed by atoms with Gasteiger partial charge in [0.05, 0.1) is 0 Å². The van der Waals surface area contributed by atoms with Crippen molar-refractivity contribution in [1.29, 1.82) is 0 Å². The zero-order chi connectivity index (χ0) is 15.2. The second-order valence-electron chi connectivity index (χ2n) is 4.79.